The van der Waals surface area contributed by atoms with Gasteiger partial charge in [0.1, 0.15) is 0 Å². The van der Waals surface area contributed by atoms with Crippen molar-refractivity contribution < 1.29 is 0 Å². The molecule has 0 unspecified atom stereocenters. The van der Waals surface area contributed by atoms with Crippen molar-refractivity contribution in [3.8, 4) is 0 Å². The number of allylic oxidation sites excluding steroid dienone is 1. The molecule has 0 atom stereocenters. The van der Waals surface area contributed by atoms with Crippen molar-refractivity contribution in [3.63, 3.8) is 0 Å². The van der Waals surface area contributed by atoms with Crippen LogP contribution >= 0.6 is 24.0 Å². The first-order valence-electron chi connectivity index (χ1n) is 4.87. The highest BCUT2D eigenvalue weighted by Gasteiger charge is 2.22. The van der Waals surface area contributed by atoms with Gasteiger partial charge in [0.2, 0.25) is 0 Å². The van der Waals surface area contributed by atoms with Crippen molar-refractivity contribution in [2.75, 3.05) is 12.4 Å². The minimum atomic E-state index is 0. The van der Waals surface area contributed by atoms with Gasteiger partial charge in [-0.25, -0.2) is 0 Å². The average Bonchev–Trinajstić information content (AvgIpc) is 2.66. The maximum atomic E-state index is 5.78. The molecule has 0 N–H and O–H groups in total. The number of rotatable bonds is 1. The quantitative estimate of drug-likeness (QED) is 0.686. The highest BCUT2D eigenvalue weighted by atomic mass is 35.5. The molecular weight excluding hydrogens is 243 g/mol. The van der Waals surface area contributed by atoms with E-state index in [4.69, 9.17) is 11.6 Å². The molecule has 0 radical (unpaired) electrons. The van der Waals surface area contributed by atoms with E-state index in [2.05, 4.69) is 16.1 Å². The fraction of sp³-hybridized carbons (Fsp3) is 0.167. The lowest BCUT2D eigenvalue weighted by atomic mass is 10.00. The van der Waals surface area contributed by atoms with E-state index in [1.165, 1.54) is 11.1 Å². The standard InChI is InChI=1S/C12H9ClN2.ClH/c13-6-8-5-10-9-3-1-2-4-11(9)15-12(10)7-14-8;/h1-5H,6-7H2;1H. The first-order chi connectivity index (χ1) is 7.38. The molecule has 0 aliphatic carbocycles. The Morgan fingerprint density at radius 2 is 2.06 bits per heavy atom. The normalized spacial score (nSPS) is 16.4. The highest BCUT2D eigenvalue weighted by Crippen LogP contribution is 2.35. The minimum absolute atomic E-state index is 0. The van der Waals surface area contributed by atoms with Gasteiger partial charge in [0.15, 0.2) is 0 Å². The largest absolute Gasteiger partial charge is 0.282 e. The lowest BCUT2D eigenvalue weighted by Gasteiger charge is -2.09. The van der Waals surface area contributed by atoms with Gasteiger partial charge in [-0.1, -0.05) is 18.2 Å². The molecule has 2 aliphatic heterocycles. The molecule has 2 heterocycles. The molecule has 0 saturated carbocycles. The maximum Gasteiger partial charge on any atom is 0.0822 e. The number of nitrogens with zero attached hydrogens (tertiary/aromatic N) is 2. The number of alkyl halides is 1. The lowest BCUT2D eigenvalue weighted by molar-refractivity contribution is 1.29. The molecule has 0 saturated heterocycles. The van der Waals surface area contributed by atoms with Gasteiger partial charge in [0, 0.05) is 11.1 Å². The number of hydrogen-bond donors (Lipinski definition) is 0. The second-order valence-electron chi connectivity index (χ2n) is 3.57. The molecule has 3 rings (SSSR count). The molecule has 1 aromatic rings. The number of dihydropyridines is 1. The smallest absolute Gasteiger partial charge is 0.0822 e. The second-order valence-corrected chi connectivity index (χ2v) is 3.84. The van der Waals surface area contributed by atoms with Crippen LogP contribution in [0.3, 0.4) is 0 Å². The fourth-order valence-corrected chi connectivity index (χ4v) is 2.07. The molecular formula is C12H10Cl2N2. The molecule has 0 amide bonds. The van der Waals surface area contributed by atoms with Gasteiger partial charge in [0.25, 0.3) is 0 Å². The summed E-state index contributed by atoms with van der Waals surface area (Å²) in [7, 11) is 0. The topological polar surface area (TPSA) is 24.7 Å². The van der Waals surface area contributed by atoms with Crippen molar-refractivity contribution in [2.45, 2.75) is 0 Å². The van der Waals surface area contributed by atoms with Gasteiger partial charge in [-0.3, -0.25) is 9.98 Å². The summed E-state index contributed by atoms with van der Waals surface area (Å²) in [4.78, 5) is 8.89. The number of hydrogen-bond acceptors (Lipinski definition) is 2. The maximum absolute atomic E-state index is 5.78. The molecule has 0 fully saturated rings. The number of halogens is 2. The van der Waals surface area contributed by atoms with Crippen molar-refractivity contribution in [1.29, 1.82) is 0 Å². The Labute approximate surface area is 105 Å². The van der Waals surface area contributed by atoms with Crippen LogP contribution in [-0.4, -0.2) is 23.8 Å². The third kappa shape index (κ3) is 1.68. The van der Waals surface area contributed by atoms with Crippen LogP contribution in [0, 0.1) is 0 Å². The molecule has 0 bridgehead atoms. The lowest BCUT2D eigenvalue weighted by Crippen LogP contribution is -2.13. The zero-order chi connectivity index (χ0) is 10.3. The zero-order valence-corrected chi connectivity index (χ0v) is 10.1. The van der Waals surface area contributed by atoms with Crippen LogP contribution in [0.25, 0.3) is 5.57 Å². The van der Waals surface area contributed by atoms with Gasteiger partial charge < -0.3 is 0 Å². The first kappa shape index (κ1) is 11.4. The number of benzene rings is 1. The molecule has 1 aromatic carbocycles. The second kappa shape index (κ2) is 4.40. The number of fused-ring (bicyclic) bond motifs is 3. The molecule has 2 aliphatic rings. The van der Waals surface area contributed by atoms with E-state index in [1.54, 1.807) is 0 Å². The third-order valence-corrected chi connectivity index (χ3v) is 2.91. The van der Waals surface area contributed by atoms with Crippen LogP contribution in [0.2, 0.25) is 0 Å². The summed E-state index contributed by atoms with van der Waals surface area (Å²) in [6, 6.07) is 8.16. The molecule has 0 spiro atoms. The van der Waals surface area contributed by atoms with E-state index in [1.807, 2.05) is 24.3 Å². The van der Waals surface area contributed by atoms with Crippen LogP contribution in [-0.2, 0) is 0 Å². The zero-order valence-electron chi connectivity index (χ0n) is 8.48. The van der Waals surface area contributed by atoms with Gasteiger partial charge in [0.05, 0.1) is 29.5 Å². The Morgan fingerprint density at radius 3 is 2.88 bits per heavy atom. The van der Waals surface area contributed by atoms with E-state index in [0.29, 0.717) is 12.4 Å². The predicted molar refractivity (Wildman–Crippen MR) is 71.8 cm³/mol. The Kier molecular flexibility index (Phi) is 3.13. The summed E-state index contributed by atoms with van der Waals surface area (Å²) >= 11 is 5.78. The molecule has 0 aromatic heterocycles. The van der Waals surface area contributed by atoms with Gasteiger partial charge in [-0.05, 0) is 12.1 Å². The van der Waals surface area contributed by atoms with Crippen molar-refractivity contribution in [2.24, 2.45) is 9.98 Å². The Bertz CT molecular complexity index is 516. The van der Waals surface area contributed by atoms with Crippen LogP contribution in [0.1, 0.15) is 5.56 Å². The molecule has 82 valence electrons. The van der Waals surface area contributed by atoms with Crippen molar-refractivity contribution in [3.05, 3.63) is 35.9 Å². The Balaban J connectivity index is 0.000000963. The summed E-state index contributed by atoms with van der Waals surface area (Å²) in [5.74, 6) is 0.471. The highest BCUT2D eigenvalue weighted by molar-refractivity contribution is 6.39. The van der Waals surface area contributed by atoms with Gasteiger partial charge in [-0.15, -0.1) is 24.0 Å². The summed E-state index contributed by atoms with van der Waals surface area (Å²) < 4.78 is 0. The molecule has 2 nitrogen and oxygen atoms in total. The summed E-state index contributed by atoms with van der Waals surface area (Å²) in [6.07, 6.45) is 2.04. The van der Waals surface area contributed by atoms with E-state index in [0.717, 1.165) is 17.1 Å². The molecule has 16 heavy (non-hydrogen) atoms. The van der Waals surface area contributed by atoms with E-state index in [-0.39, 0.29) is 12.4 Å². The fourth-order valence-electron chi connectivity index (χ4n) is 1.91. The van der Waals surface area contributed by atoms with E-state index in [9.17, 15) is 0 Å². The van der Waals surface area contributed by atoms with Crippen LogP contribution in [0.4, 0.5) is 5.69 Å². The Hall–Kier alpha value is -1.12. The van der Waals surface area contributed by atoms with Crippen molar-refractivity contribution >= 4 is 46.7 Å². The third-order valence-electron chi connectivity index (χ3n) is 2.64. The van der Waals surface area contributed by atoms with Gasteiger partial charge in [-0.2, -0.15) is 0 Å². The summed E-state index contributed by atoms with van der Waals surface area (Å²) in [5, 5.41) is 0. The van der Waals surface area contributed by atoms with Crippen LogP contribution in [0.5, 0.6) is 0 Å². The van der Waals surface area contributed by atoms with Crippen LogP contribution in [0.15, 0.2) is 40.3 Å². The monoisotopic (exact) mass is 252 g/mol. The summed E-state index contributed by atoms with van der Waals surface area (Å²) in [6.45, 7) is 0.655. The average molecular weight is 253 g/mol. The van der Waals surface area contributed by atoms with E-state index >= 15 is 0 Å². The SMILES string of the molecule is Cl.ClCC1=NCC2=Nc3ccccc3C2=C1. The number of para-hydroxylation sites is 1. The van der Waals surface area contributed by atoms with Crippen LogP contribution < -0.4 is 0 Å². The molecule has 4 heteroatoms. The van der Waals surface area contributed by atoms with E-state index < -0.39 is 0 Å². The summed E-state index contributed by atoms with van der Waals surface area (Å²) in [5.41, 5.74) is 5.44. The van der Waals surface area contributed by atoms with Crippen molar-refractivity contribution in [1.82, 2.24) is 0 Å². The predicted octanol–water partition coefficient (Wildman–Crippen LogP) is 3.27. The van der Waals surface area contributed by atoms with Gasteiger partial charge >= 0.3 is 0 Å². The Morgan fingerprint density at radius 1 is 1.25 bits per heavy atom. The first-order valence-corrected chi connectivity index (χ1v) is 5.40. The number of aliphatic imine (C=N–C) groups is 2. The minimum Gasteiger partial charge on any atom is -0.282 e.